The van der Waals surface area contributed by atoms with E-state index in [0.717, 1.165) is 11.1 Å². The Morgan fingerprint density at radius 2 is 1.37 bits per heavy atom. The summed E-state index contributed by atoms with van der Waals surface area (Å²) in [5.74, 6) is 0. The summed E-state index contributed by atoms with van der Waals surface area (Å²) < 4.78 is 55.6. The first-order valence-electron chi connectivity index (χ1n) is 8.42. The fourth-order valence-electron chi connectivity index (χ4n) is 2.71. The van der Waals surface area contributed by atoms with Gasteiger partial charge in [-0.25, -0.2) is 13.3 Å². The maximum atomic E-state index is 12.7. The van der Waals surface area contributed by atoms with Crippen molar-refractivity contribution in [2.75, 3.05) is 13.1 Å². The third-order valence-electron chi connectivity index (χ3n) is 4.34. The Morgan fingerprint density at radius 1 is 0.852 bits per heavy atom. The zero-order chi connectivity index (χ0) is 19.7. The highest BCUT2D eigenvalue weighted by Crippen LogP contribution is 2.24. The molecule has 7 nitrogen and oxygen atoms in total. The van der Waals surface area contributed by atoms with Gasteiger partial charge in [0.25, 0.3) is 0 Å². The smallest absolute Gasteiger partial charge is 0.215 e. The van der Waals surface area contributed by atoms with E-state index in [1.54, 1.807) is 36.4 Å². The number of rotatable bonds is 6. The molecule has 0 aromatic heterocycles. The van der Waals surface area contributed by atoms with E-state index in [0.29, 0.717) is 6.42 Å². The highest BCUT2D eigenvalue weighted by atomic mass is 32.2. The van der Waals surface area contributed by atoms with Gasteiger partial charge in [-0.1, -0.05) is 35.4 Å². The molecule has 2 aromatic carbocycles. The summed E-state index contributed by atoms with van der Waals surface area (Å²) in [5.41, 5.74) is 1.88. The van der Waals surface area contributed by atoms with Crippen LogP contribution in [0.1, 0.15) is 17.5 Å². The Bertz CT molecular complexity index is 999. The minimum absolute atomic E-state index is 0.0183. The van der Waals surface area contributed by atoms with Crippen molar-refractivity contribution in [2.24, 2.45) is 0 Å². The molecule has 0 radical (unpaired) electrons. The summed E-state index contributed by atoms with van der Waals surface area (Å²) in [6.45, 7) is 3.98. The molecule has 1 heterocycles. The summed E-state index contributed by atoms with van der Waals surface area (Å²) in [4.78, 5) is 5.22. The second-order valence-electron chi connectivity index (χ2n) is 6.52. The van der Waals surface area contributed by atoms with Crippen LogP contribution in [-0.4, -0.2) is 40.3 Å². The van der Waals surface area contributed by atoms with Gasteiger partial charge >= 0.3 is 10.1 Å². The van der Waals surface area contributed by atoms with E-state index in [2.05, 4.69) is 4.33 Å². The van der Waals surface area contributed by atoms with Crippen LogP contribution in [0.25, 0.3) is 0 Å². The molecule has 0 amide bonds. The second kappa shape index (κ2) is 7.69. The van der Waals surface area contributed by atoms with Crippen LogP contribution in [0.15, 0.2) is 58.3 Å². The van der Waals surface area contributed by atoms with Gasteiger partial charge < -0.3 is 0 Å². The van der Waals surface area contributed by atoms with Gasteiger partial charge in [0.1, 0.15) is 6.10 Å². The molecular weight excluding hydrogens is 390 g/mol. The predicted molar refractivity (Wildman–Crippen MR) is 98.9 cm³/mol. The molecule has 0 N–H and O–H groups in total. The highest BCUT2D eigenvalue weighted by Gasteiger charge is 2.34. The van der Waals surface area contributed by atoms with Gasteiger partial charge in [-0.3, -0.25) is 0 Å². The first-order chi connectivity index (χ1) is 12.7. The van der Waals surface area contributed by atoms with Gasteiger partial charge in [-0.15, -0.1) is 4.33 Å². The number of hydrogen-bond acceptors (Lipinski definition) is 6. The van der Waals surface area contributed by atoms with Crippen molar-refractivity contribution < 1.29 is 26.1 Å². The van der Waals surface area contributed by atoms with Gasteiger partial charge in [0.2, 0.25) is 10.0 Å². The summed E-state index contributed by atoms with van der Waals surface area (Å²) in [6, 6.07) is 12.7. The minimum Gasteiger partial charge on any atom is -0.215 e. The van der Waals surface area contributed by atoms with Crippen molar-refractivity contribution in [2.45, 2.75) is 36.2 Å². The van der Waals surface area contributed by atoms with Crippen molar-refractivity contribution >= 4 is 20.1 Å². The van der Waals surface area contributed by atoms with Gasteiger partial charge in [-0.05, 0) is 44.5 Å². The van der Waals surface area contributed by atoms with Crippen molar-refractivity contribution in [3.63, 3.8) is 0 Å². The number of benzene rings is 2. The molecule has 2 aromatic rings. The lowest BCUT2D eigenvalue weighted by molar-refractivity contribution is -0.235. The summed E-state index contributed by atoms with van der Waals surface area (Å²) in [7, 11) is -7.72. The number of nitrogens with zero attached hydrogens (tertiary/aromatic N) is 1. The normalized spacial score (nSPS) is 18.7. The molecule has 1 aliphatic rings. The molecule has 0 spiro atoms. The summed E-state index contributed by atoms with van der Waals surface area (Å²) in [5, 5.41) is 0. The monoisotopic (exact) mass is 411 g/mol. The van der Waals surface area contributed by atoms with E-state index in [1.807, 2.05) is 13.8 Å². The maximum absolute atomic E-state index is 12.7. The fourth-order valence-corrected chi connectivity index (χ4v) is 4.95. The summed E-state index contributed by atoms with van der Waals surface area (Å²) in [6.07, 6.45) is -0.320. The molecule has 146 valence electrons. The van der Waals surface area contributed by atoms with Crippen molar-refractivity contribution in [3.8, 4) is 0 Å². The van der Waals surface area contributed by atoms with Gasteiger partial charge in [0, 0.05) is 13.1 Å². The van der Waals surface area contributed by atoms with Gasteiger partial charge in [-0.2, -0.15) is 12.7 Å². The fraction of sp³-hybridized carbons (Fsp3) is 0.333. The summed E-state index contributed by atoms with van der Waals surface area (Å²) >= 11 is 0. The minimum atomic E-state index is -4.06. The molecule has 3 rings (SSSR count). The average molecular weight is 412 g/mol. The Balaban J connectivity index is 1.63. The van der Waals surface area contributed by atoms with Crippen LogP contribution in [0.3, 0.4) is 0 Å². The van der Waals surface area contributed by atoms with Crippen LogP contribution < -0.4 is 0 Å². The van der Waals surface area contributed by atoms with Crippen LogP contribution in [0.2, 0.25) is 0 Å². The lowest BCUT2D eigenvalue weighted by Gasteiger charge is -2.16. The average Bonchev–Trinajstić information content (AvgIpc) is 3.11. The SMILES string of the molecule is Cc1ccc(S(=O)(=O)OO[C@H]2CCN(S(=O)(=O)c3ccc(C)cc3)C2)cc1. The third kappa shape index (κ3) is 4.56. The first kappa shape index (κ1) is 20.0. The van der Waals surface area contributed by atoms with E-state index in [-0.39, 0.29) is 22.9 Å². The van der Waals surface area contributed by atoms with Gasteiger partial charge in [0.05, 0.1) is 9.79 Å². The molecule has 0 bridgehead atoms. The molecule has 0 unspecified atom stereocenters. The third-order valence-corrected chi connectivity index (χ3v) is 7.33. The van der Waals surface area contributed by atoms with E-state index >= 15 is 0 Å². The first-order valence-corrected chi connectivity index (χ1v) is 11.3. The van der Waals surface area contributed by atoms with Crippen molar-refractivity contribution in [1.82, 2.24) is 4.31 Å². The predicted octanol–water partition coefficient (Wildman–Crippen LogP) is 2.40. The lowest BCUT2D eigenvalue weighted by atomic mass is 10.2. The van der Waals surface area contributed by atoms with E-state index < -0.39 is 26.2 Å². The quantitative estimate of drug-likeness (QED) is 0.536. The van der Waals surface area contributed by atoms with Gasteiger partial charge in [0.15, 0.2) is 0 Å². The Hall–Kier alpha value is -1.78. The molecule has 1 saturated heterocycles. The number of aryl methyl sites for hydroxylation is 2. The number of sulfonamides is 1. The topological polar surface area (TPSA) is 90.0 Å². The van der Waals surface area contributed by atoms with Crippen LogP contribution in [0, 0.1) is 13.8 Å². The molecule has 9 heteroatoms. The Labute approximate surface area is 159 Å². The van der Waals surface area contributed by atoms with Crippen LogP contribution in [0.5, 0.6) is 0 Å². The zero-order valence-corrected chi connectivity index (χ0v) is 16.7. The van der Waals surface area contributed by atoms with Crippen LogP contribution >= 0.6 is 0 Å². The Morgan fingerprint density at radius 3 is 1.93 bits per heavy atom. The highest BCUT2D eigenvalue weighted by molar-refractivity contribution is 7.89. The maximum Gasteiger partial charge on any atom is 0.323 e. The largest absolute Gasteiger partial charge is 0.323 e. The van der Waals surface area contributed by atoms with Crippen LogP contribution in [-0.2, 0) is 29.4 Å². The molecule has 1 atom stereocenters. The van der Waals surface area contributed by atoms with Crippen molar-refractivity contribution in [1.29, 1.82) is 0 Å². The van der Waals surface area contributed by atoms with E-state index in [4.69, 9.17) is 4.89 Å². The number of hydrogen-bond donors (Lipinski definition) is 0. The van der Waals surface area contributed by atoms with Crippen LogP contribution in [0.4, 0.5) is 0 Å². The van der Waals surface area contributed by atoms with Crippen molar-refractivity contribution in [3.05, 3.63) is 59.7 Å². The zero-order valence-electron chi connectivity index (χ0n) is 15.0. The lowest BCUT2D eigenvalue weighted by Crippen LogP contribution is -2.30. The standard InChI is InChI=1S/C18H21NO6S2/c1-14-3-7-17(8-4-14)26(20,21)19-12-11-16(13-19)24-25-27(22,23)18-9-5-15(2)6-10-18/h3-10,16H,11-13H2,1-2H3/t16-/m0/s1. The Kier molecular flexibility index (Phi) is 5.68. The van der Waals surface area contributed by atoms with E-state index in [9.17, 15) is 16.8 Å². The molecule has 0 aliphatic carbocycles. The van der Waals surface area contributed by atoms with E-state index in [1.165, 1.54) is 16.4 Å². The second-order valence-corrected chi connectivity index (χ2v) is 9.97. The molecule has 1 fully saturated rings. The molecular formula is C18H21NO6S2. The molecule has 0 saturated carbocycles. The molecule has 27 heavy (non-hydrogen) atoms. The molecule has 1 aliphatic heterocycles.